The molecule has 0 heterocycles. The van der Waals surface area contributed by atoms with E-state index >= 15 is 0 Å². The van der Waals surface area contributed by atoms with Crippen molar-refractivity contribution in [1.29, 1.82) is 0 Å². The molecular weight excluding hydrogens is 248 g/mol. The monoisotopic (exact) mass is 268 g/mol. The molecule has 2 aromatic rings. The SMILES string of the molecule is CC(c1ccccc1)c1c(N)cccc1C(=O)[C@H](C)N. The van der Waals surface area contributed by atoms with Crippen LogP contribution in [0.3, 0.4) is 0 Å². The average molecular weight is 268 g/mol. The van der Waals surface area contributed by atoms with Crippen molar-refractivity contribution in [1.82, 2.24) is 0 Å². The summed E-state index contributed by atoms with van der Waals surface area (Å²) < 4.78 is 0. The maximum atomic E-state index is 12.3. The van der Waals surface area contributed by atoms with Gasteiger partial charge in [0.15, 0.2) is 5.78 Å². The van der Waals surface area contributed by atoms with Crippen LogP contribution in [0.4, 0.5) is 5.69 Å². The van der Waals surface area contributed by atoms with Crippen LogP contribution in [0, 0.1) is 0 Å². The van der Waals surface area contributed by atoms with Crippen molar-refractivity contribution in [3.05, 3.63) is 65.2 Å². The summed E-state index contributed by atoms with van der Waals surface area (Å²) in [5.74, 6) is -0.0230. The molecule has 0 aliphatic carbocycles. The predicted molar refractivity (Wildman–Crippen MR) is 82.8 cm³/mol. The number of ketones is 1. The van der Waals surface area contributed by atoms with Gasteiger partial charge in [0, 0.05) is 17.2 Å². The highest BCUT2D eigenvalue weighted by atomic mass is 16.1. The lowest BCUT2D eigenvalue weighted by molar-refractivity contribution is 0.0967. The van der Waals surface area contributed by atoms with E-state index in [4.69, 9.17) is 11.5 Å². The molecule has 0 aromatic heterocycles. The normalized spacial score (nSPS) is 13.8. The van der Waals surface area contributed by atoms with Gasteiger partial charge >= 0.3 is 0 Å². The lowest BCUT2D eigenvalue weighted by Crippen LogP contribution is -2.28. The first-order chi connectivity index (χ1) is 9.52. The van der Waals surface area contributed by atoms with Gasteiger partial charge in [-0.2, -0.15) is 0 Å². The van der Waals surface area contributed by atoms with Crippen LogP contribution in [0.2, 0.25) is 0 Å². The Balaban J connectivity index is 2.53. The summed E-state index contributed by atoms with van der Waals surface area (Å²) in [6.45, 7) is 3.75. The van der Waals surface area contributed by atoms with Gasteiger partial charge in [0.05, 0.1) is 6.04 Å². The highest BCUT2D eigenvalue weighted by molar-refractivity contribution is 6.02. The smallest absolute Gasteiger partial charge is 0.179 e. The van der Waals surface area contributed by atoms with Gasteiger partial charge in [-0.15, -0.1) is 0 Å². The number of rotatable bonds is 4. The molecule has 20 heavy (non-hydrogen) atoms. The standard InChI is InChI=1S/C17H20N2O/c1-11(13-7-4-3-5-8-13)16-14(17(20)12(2)18)9-6-10-15(16)19/h3-12H,18-19H2,1-2H3/t11?,12-/m0/s1. The fraction of sp³-hybridized carbons (Fsp3) is 0.235. The summed E-state index contributed by atoms with van der Waals surface area (Å²) in [4.78, 5) is 12.3. The van der Waals surface area contributed by atoms with Crippen molar-refractivity contribution < 1.29 is 4.79 Å². The van der Waals surface area contributed by atoms with Crippen LogP contribution < -0.4 is 11.5 Å². The Morgan fingerprint density at radius 2 is 1.65 bits per heavy atom. The van der Waals surface area contributed by atoms with Crippen molar-refractivity contribution >= 4 is 11.5 Å². The maximum Gasteiger partial charge on any atom is 0.179 e. The lowest BCUT2D eigenvalue weighted by Gasteiger charge is -2.19. The zero-order valence-corrected chi connectivity index (χ0v) is 11.8. The van der Waals surface area contributed by atoms with Crippen molar-refractivity contribution in [3.63, 3.8) is 0 Å². The molecular formula is C17H20N2O. The fourth-order valence-electron chi connectivity index (χ4n) is 2.43. The highest BCUT2D eigenvalue weighted by Gasteiger charge is 2.21. The van der Waals surface area contributed by atoms with E-state index in [-0.39, 0.29) is 11.7 Å². The van der Waals surface area contributed by atoms with Gasteiger partial charge in [0.1, 0.15) is 0 Å². The Bertz CT molecular complexity index is 606. The van der Waals surface area contributed by atoms with E-state index in [1.165, 1.54) is 0 Å². The molecule has 2 rings (SSSR count). The Morgan fingerprint density at radius 1 is 1.00 bits per heavy atom. The molecule has 2 atom stereocenters. The first-order valence-electron chi connectivity index (χ1n) is 6.75. The number of hydrogen-bond acceptors (Lipinski definition) is 3. The molecule has 0 saturated heterocycles. The minimum absolute atomic E-state index is 0.0510. The molecule has 4 N–H and O–H groups in total. The lowest BCUT2D eigenvalue weighted by atomic mass is 9.86. The molecule has 0 amide bonds. The highest BCUT2D eigenvalue weighted by Crippen LogP contribution is 2.32. The summed E-state index contributed by atoms with van der Waals surface area (Å²) >= 11 is 0. The molecule has 0 fully saturated rings. The molecule has 0 saturated carbocycles. The number of nitrogen functional groups attached to an aromatic ring is 1. The van der Waals surface area contributed by atoms with Gasteiger partial charge in [0.25, 0.3) is 0 Å². The number of anilines is 1. The van der Waals surface area contributed by atoms with Crippen LogP contribution in [0.25, 0.3) is 0 Å². The average Bonchev–Trinajstić information content (AvgIpc) is 2.46. The summed E-state index contributed by atoms with van der Waals surface area (Å²) in [7, 11) is 0. The number of hydrogen-bond donors (Lipinski definition) is 2. The quantitative estimate of drug-likeness (QED) is 0.661. The summed E-state index contributed by atoms with van der Waals surface area (Å²) in [6, 6.07) is 14.9. The van der Waals surface area contributed by atoms with E-state index < -0.39 is 6.04 Å². The Hall–Kier alpha value is -2.13. The van der Waals surface area contributed by atoms with Crippen LogP contribution in [-0.2, 0) is 0 Å². The molecule has 1 unspecified atom stereocenters. The van der Waals surface area contributed by atoms with Gasteiger partial charge in [-0.25, -0.2) is 0 Å². The van der Waals surface area contributed by atoms with E-state index in [0.717, 1.165) is 11.1 Å². The topological polar surface area (TPSA) is 69.1 Å². The van der Waals surface area contributed by atoms with Crippen LogP contribution in [0.1, 0.15) is 41.3 Å². The molecule has 3 heteroatoms. The summed E-state index contributed by atoms with van der Waals surface area (Å²) in [5.41, 5.74) is 15.1. The van der Waals surface area contributed by atoms with Gasteiger partial charge in [-0.05, 0) is 24.1 Å². The van der Waals surface area contributed by atoms with Crippen molar-refractivity contribution in [2.24, 2.45) is 5.73 Å². The number of benzene rings is 2. The molecule has 0 radical (unpaired) electrons. The fourth-order valence-corrected chi connectivity index (χ4v) is 2.43. The summed E-state index contributed by atoms with van der Waals surface area (Å²) in [5, 5.41) is 0. The third-order valence-corrected chi connectivity index (χ3v) is 3.55. The first kappa shape index (κ1) is 14.3. The zero-order chi connectivity index (χ0) is 14.7. The molecule has 0 bridgehead atoms. The minimum atomic E-state index is -0.529. The zero-order valence-electron chi connectivity index (χ0n) is 11.8. The Labute approximate surface area is 119 Å². The molecule has 2 aromatic carbocycles. The largest absolute Gasteiger partial charge is 0.398 e. The third kappa shape index (κ3) is 2.73. The van der Waals surface area contributed by atoms with E-state index in [1.54, 1.807) is 19.1 Å². The van der Waals surface area contributed by atoms with Crippen LogP contribution in [-0.4, -0.2) is 11.8 Å². The van der Waals surface area contributed by atoms with Crippen molar-refractivity contribution in [2.45, 2.75) is 25.8 Å². The van der Waals surface area contributed by atoms with Crippen molar-refractivity contribution in [3.8, 4) is 0 Å². The molecule has 0 aliphatic heterocycles. The summed E-state index contributed by atoms with van der Waals surface area (Å²) in [6.07, 6.45) is 0. The van der Waals surface area contributed by atoms with Gasteiger partial charge < -0.3 is 11.5 Å². The molecule has 3 nitrogen and oxygen atoms in total. The predicted octanol–water partition coefficient (Wildman–Crippen LogP) is 2.95. The van der Waals surface area contributed by atoms with E-state index in [9.17, 15) is 4.79 Å². The first-order valence-corrected chi connectivity index (χ1v) is 6.75. The number of nitrogens with two attached hydrogens (primary N) is 2. The van der Waals surface area contributed by atoms with Crippen molar-refractivity contribution in [2.75, 3.05) is 5.73 Å². The van der Waals surface area contributed by atoms with E-state index in [1.807, 2.05) is 36.4 Å². The minimum Gasteiger partial charge on any atom is -0.398 e. The Kier molecular flexibility index (Phi) is 4.20. The molecule has 104 valence electrons. The second-order valence-electron chi connectivity index (χ2n) is 5.09. The second-order valence-corrected chi connectivity index (χ2v) is 5.09. The third-order valence-electron chi connectivity index (χ3n) is 3.55. The van der Waals surface area contributed by atoms with Gasteiger partial charge in [-0.3, -0.25) is 4.79 Å². The molecule has 0 aliphatic rings. The molecule has 0 spiro atoms. The Morgan fingerprint density at radius 3 is 2.25 bits per heavy atom. The number of carbonyl (C=O) groups is 1. The number of Topliss-reactive ketones (excluding diaryl/α,β-unsaturated/α-hetero) is 1. The van der Waals surface area contributed by atoms with Gasteiger partial charge in [-0.1, -0.05) is 49.4 Å². The maximum absolute atomic E-state index is 12.3. The van der Waals surface area contributed by atoms with E-state index in [0.29, 0.717) is 11.3 Å². The van der Waals surface area contributed by atoms with Crippen LogP contribution >= 0.6 is 0 Å². The second kappa shape index (κ2) is 5.88. The number of carbonyl (C=O) groups excluding carboxylic acids is 1. The van der Waals surface area contributed by atoms with Crippen LogP contribution in [0.5, 0.6) is 0 Å². The van der Waals surface area contributed by atoms with Crippen LogP contribution in [0.15, 0.2) is 48.5 Å². The van der Waals surface area contributed by atoms with Gasteiger partial charge in [0.2, 0.25) is 0 Å². The van der Waals surface area contributed by atoms with E-state index in [2.05, 4.69) is 6.92 Å².